The second-order valence-corrected chi connectivity index (χ2v) is 5.73. The summed E-state index contributed by atoms with van der Waals surface area (Å²) in [5.41, 5.74) is 1.35. The van der Waals surface area contributed by atoms with Gasteiger partial charge in [-0.05, 0) is 36.1 Å². The van der Waals surface area contributed by atoms with Crippen molar-refractivity contribution in [3.8, 4) is 11.5 Å². The van der Waals surface area contributed by atoms with E-state index >= 15 is 0 Å². The van der Waals surface area contributed by atoms with Crippen molar-refractivity contribution >= 4 is 0 Å². The van der Waals surface area contributed by atoms with Gasteiger partial charge in [0.05, 0.1) is 0 Å². The van der Waals surface area contributed by atoms with E-state index < -0.39 is 0 Å². The fourth-order valence-electron chi connectivity index (χ4n) is 3.09. The van der Waals surface area contributed by atoms with Crippen LogP contribution in [0.15, 0.2) is 54.6 Å². The lowest BCUT2D eigenvalue weighted by Crippen LogP contribution is -2.09. The lowest BCUT2D eigenvalue weighted by atomic mass is 9.85. The van der Waals surface area contributed by atoms with Crippen LogP contribution in [0.4, 0.5) is 0 Å². The minimum atomic E-state index is 0.837. The van der Waals surface area contributed by atoms with Crippen molar-refractivity contribution in [1.82, 2.24) is 0 Å². The lowest BCUT2D eigenvalue weighted by Gasteiger charge is -2.22. The average molecular weight is 266 g/mol. The van der Waals surface area contributed by atoms with Crippen molar-refractivity contribution < 1.29 is 4.74 Å². The molecule has 0 heterocycles. The van der Waals surface area contributed by atoms with Crippen molar-refractivity contribution in [3.63, 3.8) is 0 Å². The lowest BCUT2D eigenvalue weighted by molar-refractivity contribution is 0.352. The summed E-state index contributed by atoms with van der Waals surface area (Å²) in [6.45, 7) is 0. The summed E-state index contributed by atoms with van der Waals surface area (Å²) < 4.78 is 6.05. The van der Waals surface area contributed by atoms with Gasteiger partial charge < -0.3 is 4.74 Å². The molecule has 0 atom stereocenters. The van der Waals surface area contributed by atoms with E-state index in [1.165, 1.54) is 37.7 Å². The molecule has 1 fully saturated rings. The summed E-state index contributed by atoms with van der Waals surface area (Å²) >= 11 is 0. The van der Waals surface area contributed by atoms with Crippen LogP contribution < -0.4 is 4.74 Å². The molecule has 3 rings (SSSR count). The van der Waals surface area contributed by atoms with Gasteiger partial charge in [-0.1, -0.05) is 68.5 Å². The predicted molar refractivity (Wildman–Crippen MR) is 83.2 cm³/mol. The van der Waals surface area contributed by atoms with Crippen molar-refractivity contribution in [1.29, 1.82) is 0 Å². The number of hydrogen-bond acceptors (Lipinski definition) is 1. The third-order valence-electron chi connectivity index (χ3n) is 4.18. The Bertz CT molecular complexity index is 526. The molecule has 2 aromatic rings. The van der Waals surface area contributed by atoms with Gasteiger partial charge in [0.15, 0.2) is 0 Å². The van der Waals surface area contributed by atoms with Crippen LogP contribution in [0.1, 0.15) is 37.7 Å². The third-order valence-corrected chi connectivity index (χ3v) is 4.18. The molecule has 1 saturated carbocycles. The maximum absolute atomic E-state index is 6.05. The van der Waals surface area contributed by atoms with Gasteiger partial charge in [0.2, 0.25) is 0 Å². The van der Waals surface area contributed by atoms with Crippen LogP contribution in [0.2, 0.25) is 0 Å². The molecule has 0 saturated heterocycles. The van der Waals surface area contributed by atoms with Crippen molar-refractivity contribution in [2.45, 2.75) is 38.5 Å². The molecule has 0 bridgehead atoms. The second-order valence-electron chi connectivity index (χ2n) is 5.73. The van der Waals surface area contributed by atoms with Gasteiger partial charge in [-0.3, -0.25) is 0 Å². The quantitative estimate of drug-likeness (QED) is 0.699. The Morgan fingerprint density at radius 1 is 0.800 bits per heavy atom. The molecule has 104 valence electrons. The number of para-hydroxylation sites is 2. The maximum Gasteiger partial charge on any atom is 0.130 e. The standard InChI is InChI=1S/C19H22O/c1-3-9-16(10-4-1)15-17-11-7-8-14-19(17)20-18-12-5-2-6-13-18/h2,5-8,11-14,16H,1,3-4,9-10,15H2. The van der Waals surface area contributed by atoms with E-state index in [-0.39, 0.29) is 0 Å². The summed E-state index contributed by atoms with van der Waals surface area (Å²) in [6, 6.07) is 18.5. The molecule has 0 N–H and O–H groups in total. The van der Waals surface area contributed by atoms with Crippen LogP contribution in [0.3, 0.4) is 0 Å². The fraction of sp³-hybridized carbons (Fsp3) is 0.368. The Balaban J connectivity index is 1.74. The van der Waals surface area contributed by atoms with Gasteiger partial charge >= 0.3 is 0 Å². The normalized spacial score (nSPS) is 16.0. The van der Waals surface area contributed by atoms with Gasteiger partial charge in [0, 0.05) is 0 Å². The summed E-state index contributed by atoms with van der Waals surface area (Å²) in [4.78, 5) is 0. The van der Waals surface area contributed by atoms with Crippen LogP contribution in [0.5, 0.6) is 11.5 Å². The van der Waals surface area contributed by atoms with E-state index in [1.807, 2.05) is 30.3 Å². The number of benzene rings is 2. The summed E-state index contributed by atoms with van der Waals surface area (Å²) in [6.07, 6.45) is 8.11. The summed E-state index contributed by atoms with van der Waals surface area (Å²) in [5.74, 6) is 2.78. The zero-order chi connectivity index (χ0) is 13.6. The molecule has 0 amide bonds. The Morgan fingerprint density at radius 2 is 1.50 bits per heavy atom. The summed E-state index contributed by atoms with van der Waals surface area (Å²) in [5, 5.41) is 0. The molecule has 0 aromatic heterocycles. The number of hydrogen-bond donors (Lipinski definition) is 0. The monoisotopic (exact) mass is 266 g/mol. The van der Waals surface area contributed by atoms with Crippen molar-refractivity contribution in [2.24, 2.45) is 5.92 Å². The highest BCUT2D eigenvalue weighted by Crippen LogP contribution is 2.31. The van der Waals surface area contributed by atoms with E-state index in [0.717, 1.165) is 23.8 Å². The van der Waals surface area contributed by atoms with Crippen LogP contribution in [-0.4, -0.2) is 0 Å². The first kappa shape index (κ1) is 13.2. The van der Waals surface area contributed by atoms with Gasteiger partial charge in [-0.2, -0.15) is 0 Å². The highest BCUT2D eigenvalue weighted by molar-refractivity contribution is 5.38. The van der Waals surface area contributed by atoms with Crippen LogP contribution >= 0.6 is 0 Å². The number of rotatable bonds is 4. The van der Waals surface area contributed by atoms with E-state index in [0.29, 0.717) is 0 Å². The Labute approximate surface area is 121 Å². The highest BCUT2D eigenvalue weighted by atomic mass is 16.5. The zero-order valence-electron chi connectivity index (χ0n) is 11.9. The van der Waals surface area contributed by atoms with E-state index in [2.05, 4.69) is 24.3 Å². The molecule has 1 nitrogen and oxygen atoms in total. The third kappa shape index (κ3) is 3.41. The molecule has 0 spiro atoms. The van der Waals surface area contributed by atoms with Crippen molar-refractivity contribution in [2.75, 3.05) is 0 Å². The SMILES string of the molecule is c1ccc(Oc2ccccc2CC2CCCCC2)cc1. The predicted octanol–water partition coefficient (Wildman–Crippen LogP) is 5.60. The molecule has 20 heavy (non-hydrogen) atoms. The first-order valence-electron chi connectivity index (χ1n) is 7.72. The smallest absolute Gasteiger partial charge is 0.130 e. The van der Waals surface area contributed by atoms with Crippen LogP contribution in [0.25, 0.3) is 0 Å². The Kier molecular flexibility index (Phi) is 4.37. The van der Waals surface area contributed by atoms with Gasteiger partial charge in [-0.15, -0.1) is 0 Å². The first-order chi connectivity index (χ1) is 9.92. The Morgan fingerprint density at radius 3 is 2.30 bits per heavy atom. The molecule has 0 aliphatic heterocycles. The minimum absolute atomic E-state index is 0.837. The molecule has 1 aliphatic rings. The maximum atomic E-state index is 6.05. The topological polar surface area (TPSA) is 9.23 Å². The highest BCUT2D eigenvalue weighted by Gasteiger charge is 2.16. The van der Waals surface area contributed by atoms with Gasteiger partial charge in [0.25, 0.3) is 0 Å². The van der Waals surface area contributed by atoms with E-state index in [9.17, 15) is 0 Å². The fourth-order valence-corrected chi connectivity index (χ4v) is 3.09. The van der Waals surface area contributed by atoms with Crippen LogP contribution in [0, 0.1) is 5.92 Å². The summed E-state index contributed by atoms with van der Waals surface area (Å²) in [7, 11) is 0. The molecule has 1 heteroatoms. The van der Waals surface area contributed by atoms with Gasteiger partial charge in [-0.25, -0.2) is 0 Å². The Hall–Kier alpha value is -1.76. The van der Waals surface area contributed by atoms with Crippen molar-refractivity contribution in [3.05, 3.63) is 60.2 Å². The molecule has 1 aliphatic carbocycles. The second kappa shape index (κ2) is 6.60. The molecular weight excluding hydrogens is 244 g/mol. The number of ether oxygens (including phenoxy) is 1. The molecular formula is C19H22O. The minimum Gasteiger partial charge on any atom is -0.457 e. The first-order valence-corrected chi connectivity index (χ1v) is 7.72. The zero-order valence-corrected chi connectivity index (χ0v) is 11.9. The molecule has 2 aromatic carbocycles. The van der Waals surface area contributed by atoms with E-state index in [1.54, 1.807) is 0 Å². The van der Waals surface area contributed by atoms with Gasteiger partial charge in [0.1, 0.15) is 11.5 Å². The van der Waals surface area contributed by atoms with E-state index in [4.69, 9.17) is 4.74 Å². The molecule has 0 unspecified atom stereocenters. The van der Waals surface area contributed by atoms with Crippen LogP contribution in [-0.2, 0) is 6.42 Å². The largest absolute Gasteiger partial charge is 0.457 e. The average Bonchev–Trinajstić information content (AvgIpc) is 2.51. The molecule has 0 radical (unpaired) electrons.